The van der Waals surface area contributed by atoms with E-state index in [1.807, 2.05) is 12.1 Å². The number of methoxy groups -OCH3 is 1. The van der Waals surface area contributed by atoms with Gasteiger partial charge in [0.2, 0.25) is 0 Å². The second kappa shape index (κ2) is 7.65. The number of hydrogen-bond acceptors (Lipinski definition) is 3. The van der Waals surface area contributed by atoms with Gasteiger partial charge in [0, 0.05) is 24.1 Å². The number of nitrogens with two attached hydrogens (primary N) is 1. The van der Waals surface area contributed by atoms with Crippen LogP contribution in [-0.4, -0.2) is 37.7 Å². The molecule has 0 radical (unpaired) electrons. The van der Waals surface area contributed by atoms with Crippen LogP contribution in [-0.2, 0) is 0 Å². The summed E-state index contributed by atoms with van der Waals surface area (Å²) in [4.78, 5) is 2.63. The summed E-state index contributed by atoms with van der Waals surface area (Å²) in [6.45, 7) is 5.33. The summed E-state index contributed by atoms with van der Waals surface area (Å²) in [6.07, 6.45) is 5.09. The molecule has 1 aliphatic rings. The number of likely N-dealkylation sites (tertiary alicyclic amines) is 1. The Kier molecular flexibility index (Phi) is 5.86. The minimum Gasteiger partial charge on any atom is -0.496 e. The standard InChI is InChI=1S/C17H28N2O/c1-3-11-19-12-7-6-9-16(19)15(13-18)14-8-4-5-10-17(14)20-2/h4-5,8,10,15-16H,3,6-7,9,11-13,18H2,1-2H3. The Balaban J connectivity index is 2.25. The lowest BCUT2D eigenvalue weighted by atomic mass is 9.84. The Bertz CT molecular complexity index is 406. The molecular weight excluding hydrogens is 248 g/mol. The topological polar surface area (TPSA) is 38.5 Å². The van der Waals surface area contributed by atoms with Crippen LogP contribution >= 0.6 is 0 Å². The third-order valence-electron chi connectivity index (χ3n) is 4.43. The van der Waals surface area contributed by atoms with Gasteiger partial charge in [-0.15, -0.1) is 0 Å². The van der Waals surface area contributed by atoms with E-state index in [0.29, 0.717) is 18.5 Å². The van der Waals surface area contributed by atoms with Crippen molar-refractivity contribution in [3.63, 3.8) is 0 Å². The molecule has 2 rings (SSSR count). The van der Waals surface area contributed by atoms with Crippen LogP contribution in [0.1, 0.15) is 44.1 Å². The molecule has 1 aromatic rings. The van der Waals surface area contributed by atoms with E-state index in [9.17, 15) is 0 Å². The maximum absolute atomic E-state index is 6.14. The zero-order valence-corrected chi connectivity index (χ0v) is 12.8. The molecule has 0 spiro atoms. The zero-order chi connectivity index (χ0) is 14.4. The van der Waals surface area contributed by atoms with Crippen molar-refractivity contribution in [3.05, 3.63) is 29.8 Å². The highest BCUT2D eigenvalue weighted by Crippen LogP contribution is 2.34. The van der Waals surface area contributed by atoms with Crippen LogP contribution < -0.4 is 10.5 Å². The van der Waals surface area contributed by atoms with Gasteiger partial charge in [0.1, 0.15) is 5.75 Å². The van der Waals surface area contributed by atoms with E-state index in [4.69, 9.17) is 10.5 Å². The first kappa shape index (κ1) is 15.3. The van der Waals surface area contributed by atoms with Crippen LogP contribution in [0.3, 0.4) is 0 Å². The van der Waals surface area contributed by atoms with Crippen LogP contribution in [0.5, 0.6) is 5.75 Å². The number of hydrogen-bond donors (Lipinski definition) is 1. The van der Waals surface area contributed by atoms with Crippen molar-refractivity contribution in [1.29, 1.82) is 0 Å². The Morgan fingerprint density at radius 1 is 1.35 bits per heavy atom. The maximum Gasteiger partial charge on any atom is 0.122 e. The molecule has 0 bridgehead atoms. The molecule has 3 nitrogen and oxygen atoms in total. The molecule has 2 atom stereocenters. The lowest BCUT2D eigenvalue weighted by Gasteiger charge is -2.40. The third-order valence-corrected chi connectivity index (χ3v) is 4.43. The van der Waals surface area contributed by atoms with Gasteiger partial charge in [0.25, 0.3) is 0 Å². The normalized spacial score (nSPS) is 21.6. The van der Waals surface area contributed by atoms with Crippen molar-refractivity contribution in [2.75, 3.05) is 26.7 Å². The second-order valence-electron chi connectivity index (χ2n) is 5.68. The van der Waals surface area contributed by atoms with Crippen molar-refractivity contribution in [3.8, 4) is 5.75 Å². The smallest absolute Gasteiger partial charge is 0.122 e. The first-order valence-electron chi connectivity index (χ1n) is 7.88. The number of nitrogens with zero attached hydrogens (tertiary/aromatic N) is 1. The third kappa shape index (κ3) is 3.33. The number of rotatable bonds is 6. The second-order valence-corrected chi connectivity index (χ2v) is 5.68. The highest BCUT2D eigenvalue weighted by molar-refractivity contribution is 5.37. The quantitative estimate of drug-likeness (QED) is 0.868. The molecule has 1 saturated heterocycles. The average molecular weight is 276 g/mol. The molecule has 0 aliphatic carbocycles. The highest BCUT2D eigenvalue weighted by Gasteiger charge is 2.31. The Morgan fingerprint density at radius 2 is 2.15 bits per heavy atom. The molecule has 2 N–H and O–H groups in total. The predicted molar refractivity (Wildman–Crippen MR) is 84.3 cm³/mol. The van der Waals surface area contributed by atoms with Gasteiger partial charge in [-0.3, -0.25) is 4.90 Å². The molecule has 1 fully saturated rings. The van der Waals surface area contributed by atoms with Crippen LogP contribution in [0, 0.1) is 0 Å². The molecule has 0 aromatic heterocycles. The van der Waals surface area contributed by atoms with E-state index in [1.54, 1.807) is 7.11 Å². The van der Waals surface area contributed by atoms with Crippen LogP contribution in [0.4, 0.5) is 0 Å². The molecule has 1 heterocycles. The van der Waals surface area contributed by atoms with E-state index in [2.05, 4.69) is 24.0 Å². The van der Waals surface area contributed by atoms with Crippen molar-refractivity contribution in [2.24, 2.45) is 5.73 Å². The molecule has 112 valence electrons. The average Bonchev–Trinajstić information content (AvgIpc) is 2.50. The van der Waals surface area contributed by atoms with E-state index >= 15 is 0 Å². The lowest BCUT2D eigenvalue weighted by Crippen LogP contribution is -2.45. The highest BCUT2D eigenvalue weighted by atomic mass is 16.5. The van der Waals surface area contributed by atoms with E-state index in [1.165, 1.54) is 44.3 Å². The van der Waals surface area contributed by atoms with Crippen molar-refractivity contribution in [1.82, 2.24) is 4.90 Å². The minimum atomic E-state index is 0.373. The van der Waals surface area contributed by atoms with Crippen molar-refractivity contribution < 1.29 is 4.74 Å². The fraction of sp³-hybridized carbons (Fsp3) is 0.647. The zero-order valence-electron chi connectivity index (χ0n) is 12.8. The summed E-state index contributed by atoms with van der Waals surface area (Å²) >= 11 is 0. The summed E-state index contributed by atoms with van der Waals surface area (Å²) in [5, 5.41) is 0. The van der Waals surface area contributed by atoms with Crippen molar-refractivity contribution >= 4 is 0 Å². The SMILES string of the molecule is CCCN1CCCCC1C(CN)c1ccccc1OC. The first-order chi connectivity index (χ1) is 9.81. The molecule has 1 aliphatic heterocycles. The van der Waals surface area contributed by atoms with Gasteiger partial charge in [0.05, 0.1) is 7.11 Å². The summed E-state index contributed by atoms with van der Waals surface area (Å²) in [5.74, 6) is 1.35. The summed E-state index contributed by atoms with van der Waals surface area (Å²) in [6, 6.07) is 8.90. The number of ether oxygens (including phenoxy) is 1. The maximum atomic E-state index is 6.14. The largest absolute Gasteiger partial charge is 0.496 e. The van der Waals surface area contributed by atoms with Crippen LogP contribution in [0.25, 0.3) is 0 Å². The monoisotopic (exact) mass is 276 g/mol. The Hall–Kier alpha value is -1.06. The fourth-order valence-corrected chi connectivity index (χ4v) is 3.50. The Morgan fingerprint density at radius 3 is 2.85 bits per heavy atom. The molecular formula is C17H28N2O. The lowest BCUT2D eigenvalue weighted by molar-refractivity contribution is 0.126. The molecule has 2 unspecified atom stereocenters. The van der Waals surface area contributed by atoms with E-state index < -0.39 is 0 Å². The molecule has 3 heteroatoms. The van der Waals surface area contributed by atoms with Gasteiger partial charge in [0.15, 0.2) is 0 Å². The summed E-state index contributed by atoms with van der Waals surface area (Å²) in [7, 11) is 1.75. The van der Waals surface area contributed by atoms with Gasteiger partial charge in [-0.1, -0.05) is 31.5 Å². The summed E-state index contributed by atoms with van der Waals surface area (Å²) < 4.78 is 5.54. The number of piperidine rings is 1. The molecule has 0 amide bonds. The predicted octanol–water partition coefficient (Wildman–Crippen LogP) is 3.00. The Labute approximate surface area is 123 Å². The van der Waals surface area contributed by atoms with Crippen molar-refractivity contribution in [2.45, 2.75) is 44.6 Å². The van der Waals surface area contributed by atoms with Gasteiger partial charge < -0.3 is 10.5 Å². The fourth-order valence-electron chi connectivity index (χ4n) is 3.50. The van der Waals surface area contributed by atoms with Gasteiger partial charge in [-0.05, 0) is 38.4 Å². The summed E-state index contributed by atoms with van der Waals surface area (Å²) in [5.41, 5.74) is 7.40. The van der Waals surface area contributed by atoms with E-state index in [-0.39, 0.29) is 0 Å². The van der Waals surface area contributed by atoms with Crippen LogP contribution in [0.15, 0.2) is 24.3 Å². The van der Waals surface area contributed by atoms with E-state index in [0.717, 1.165) is 5.75 Å². The van der Waals surface area contributed by atoms with Gasteiger partial charge >= 0.3 is 0 Å². The molecule has 1 aromatic carbocycles. The van der Waals surface area contributed by atoms with Crippen LogP contribution in [0.2, 0.25) is 0 Å². The molecule has 0 saturated carbocycles. The minimum absolute atomic E-state index is 0.373. The first-order valence-corrected chi connectivity index (χ1v) is 7.88. The number of benzene rings is 1. The molecule has 20 heavy (non-hydrogen) atoms. The van der Waals surface area contributed by atoms with Gasteiger partial charge in [-0.2, -0.15) is 0 Å². The van der Waals surface area contributed by atoms with Gasteiger partial charge in [-0.25, -0.2) is 0 Å². The number of para-hydroxylation sites is 1.